The first-order chi connectivity index (χ1) is 14.7. The summed E-state index contributed by atoms with van der Waals surface area (Å²) in [5.74, 6) is 0.841. The Hall–Kier alpha value is -4.11. The summed E-state index contributed by atoms with van der Waals surface area (Å²) in [6, 6.07) is 23.7. The van der Waals surface area contributed by atoms with Crippen LogP contribution in [-0.2, 0) is 6.61 Å². The molecule has 3 rings (SSSR count). The van der Waals surface area contributed by atoms with E-state index >= 15 is 0 Å². The van der Waals surface area contributed by atoms with Gasteiger partial charge in [-0.2, -0.15) is 10.4 Å². The molecule has 150 valence electrons. The van der Waals surface area contributed by atoms with Gasteiger partial charge in [-0.05, 0) is 48.9 Å². The highest BCUT2D eigenvalue weighted by molar-refractivity contribution is 5.94. The molecule has 1 amide bonds. The van der Waals surface area contributed by atoms with Crippen molar-refractivity contribution in [3.63, 3.8) is 0 Å². The topological polar surface area (TPSA) is 83.7 Å². The molecule has 0 spiro atoms. The molecule has 1 N–H and O–H groups in total. The molecule has 0 atom stereocenters. The fraction of sp³-hybridized carbons (Fsp3) is 0.125. The van der Waals surface area contributed by atoms with Crippen LogP contribution in [-0.4, -0.2) is 18.7 Å². The van der Waals surface area contributed by atoms with Gasteiger partial charge in [0.25, 0.3) is 5.91 Å². The molecule has 0 aliphatic heterocycles. The van der Waals surface area contributed by atoms with Crippen molar-refractivity contribution in [2.24, 2.45) is 5.10 Å². The number of amides is 1. The van der Waals surface area contributed by atoms with Gasteiger partial charge in [-0.3, -0.25) is 4.79 Å². The second-order valence-corrected chi connectivity index (χ2v) is 6.26. The van der Waals surface area contributed by atoms with Gasteiger partial charge in [0.2, 0.25) is 0 Å². The molecule has 0 aliphatic carbocycles. The minimum absolute atomic E-state index is 0.254. The molecule has 0 bridgehead atoms. The monoisotopic (exact) mass is 399 g/mol. The molecular formula is C24H21N3O3. The van der Waals surface area contributed by atoms with Gasteiger partial charge in [-0.1, -0.05) is 36.4 Å². The molecule has 0 aromatic heterocycles. The van der Waals surface area contributed by atoms with Crippen LogP contribution < -0.4 is 14.9 Å². The Morgan fingerprint density at radius 1 is 1.03 bits per heavy atom. The van der Waals surface area contributed by atoms with Gasteiger partial charge in [-0.25, -0.2) is 5.43 Å². The summed E-state index contributed by atoms with van der Waals surface area (Å²) >= 11 is 0. The summed E-state index contributed by atoms with van der Waals surface area (Å²) in [5.41, 5.74) is 5.16. The number of rotatable bonds is 8. The van der Waals surface area contributed by atoms with E-state index in [0.29, 0.717) is 29.2 Å². The third-order valence-electron chi connectivity index (χ3n) is 4.20. The largest absolute Gasteiger partial charge is 0.490 e. The van der Waals surface area contributed by atoms with Crippen molar-refractivity contribution in [1.29, 1.82) is 5.26 Å². The van der Waals surface area contributed by atoms with Crippen molar-refractivity contribution in [3.05, 3.63) is 95.1 Å². The van der Waals surface area contributed by atoms with Crippen LogP contribution >= 0.6 is 0 Å². The highest BCUT2D eigenvalue weighted by atomic mass is 16.5. The summed E-state index contributed by atoms with van der Waals surface area (Å²) in [6.45, 7) is 2.61. The highest BCUT2D eigenvalue weighted by Gasteiger charge is 2.08. The molecule has 6 heteroatoms. The predicted molar refractivity (Wildman–Crippen MR) is 115 cm³/mol. The minimum atomic E-state index is -0.284. The smallest absolute Gasteiger partial charge is 0.271 e. The Morgan fingerprint density at radius 3 is 2.57 bits per heavy atom. The van der Waals surface area contributed by atoms with E-state index in [9.17, 15) is 10.1 Å². The number of carbonyl (C=O) groups excluding carboxylic acids is 1. The number of nitrogens with zero attached hydrogens (tertiary/aromatic N) is 2. The molecule has 3 aromatic rings. The zero-order valence-corrected chi connectivity index (χ0v) is 16.5. The van der Waals surface area contributed by atoms with Crippen molar-refractivity contribution in [1.82, 2.24) is 5.43 Å². The first kappa shape index (κ1) is 20.6. The lowest BCUT2D eigenvalue weighted by Gasteiger charge is -2.13. The van der Waals surface area contributed by atoms with Crippen LogP contribution in [0.25, 0.3) is 0 Å². The number of hydrazone groups is 1. The molecular weight excluding hydrogens is 378 g/mol. The lowest BCUT2D eigenvalue weighted by atomic mass is 10.1. The Labute approximate surface area is 175 Å². The van der Waals surface area contributed by atoms with Crippen LogP contribution in [0.2, 0.25) is 0 Å². The summed E-state index contributed by atoms with van der Waals surface area (Å²) < 4.78 is 11.6. The van der Waals surface area contributed by atoms with E-state index < -0.39 is 0 Å². The molecule has 0 aliphatic rings. The normalized spacial score (nSPS) is 10.4. The second-order valence-electron chi connectivity index (χ2n) is 6.26. The number of ether oxygens (including phenoxy) is 2. The Kier molecular flexibility index (Phi) is 7.17. The first-order valence-corrected chi connectivity index (χ1v) is 9.47. The van der Waals surface area contributed by atoms with Crippen LogP contribution in [0.1, 0.15) is 34.0 Å². The van der Waals surface area contributed by atoms with Crippen LogP contribution in [0.5, 0.6) is 11.5 Å². The number of benzene rings is 3. The van der Waals surface area contributed by atoms with Crippen molar-refractivity contribution in [2.45, 2.75) is 13.5 Å². The van der Waals surface area contributed by atoms with Gasteiger partial charge < -0.3 is 9.47 Å². The molecule has 0 saturated heterocycles. The van der Waals surface area contributed by atoms with E-state index in [4.69, 9.17) is 9.47 Å². The van der Waals surface area contributed by atoms with Gasteiger partial charge in [0.15, 0.2) is 11.5 Å². The van der Waals surface area contributed by atoms with E-state index in [1.54, 1.807) is 42.5 Å². The van der Waals surface area contributed by atoms with Crippen LogP contribution in [0, 0.1) is 11.3 Å². The number of nitrogens with one attached hydrogen (secondary N) is 1. The number of hydrogen-bond donors (Lipinski definition) is 1. The summed E-state index contributed by atoms with van der Waals surface area (Å²) in [5, 5.41) is 13.2. The predicted octanol–water partition coefficient (Wildman–Crippen LogP) is 4.30. The van der Waals surface area contributed by atoms with Gasteiger partial charge in [-0.15, -0.1) is 0 Å². The van der Waals surface area contributed by atoms with Crippen LogP contribution in [0.4, 0.5) is 0 Å². The van der Waals surface area contributed by atoms with Crippen molar-refractivity contribution >= 4 is 12.1 Å². The molecule has 0 saturated carbocycles. The lowest BCUT2D eigenvalue weighted by Crippen LogP contribution is -2.17. The zero-order valence-electron chi connectivity index (χ0n) is 16.5. The van der Waals surface area contributed by atoms with Gasteiger partial charge in [0.05, 0.1) is 24.5 Å². The number of carbonyl (C=O) groups is 1. The SMILES string of the molecule is CCOc1cc(/C=N/NC(=O)c2ccccc2)ccc1OCc1ccccc1C#N. The Morgan fingerprint density at radius 2 is 1.80 bits per heavy atom. The number of hydrogen-bond acceptors (Lipinski definition) is 5. The molecule has 0 heterocycles. The van der Waals surface area contributed by atoms with E-state index in [1.807, 2.05) is 37.3 Å². The average molecular weight is 399 g/mol. The van der Waals surface area contributed by atoms with Crippen molar-refractivity contribution < 1.29 is 14.3 Å². The van der Waals surface area contributed by atoms with E-state index in [-0.39, 0.29) is 12.5 Å². The van der Waals surface area contributed by atoms with E-state index in [2.05, 4.69) is 16.6 Å². The van der Waals surface area contributed by atoms with E-state index in [0.717, 1.165) is 11.1 Å². The summed E-state index contributed by atoms with van der Waals surface area (Å²) in [6.07, 6.45) is 1.54. The second kappa shape index (κ2) is 10.4. The summed E-state index contributed by atoms with van der Waals surface area (Å²) in [4.78, 5) is 12.0. The third kappa shape index (κ3) is 5.46. The van der Waals surface area contributed by atoms with Gasteiger partial charge in [0.1, 0.15) is 6.61 Å². The molecule has 3 aromatic carbocycles. The summed E-state index contributed by atoms with van der Waals surface area (Å²) in [7, 11) is 0. The fourth-order valence-electron chi connectivity index (χ4n) is 2.72. The van der Waals surface area contributed by atoms with Crippen LogP contribution in [0.3, 0.4) is 0 Å². The fourth-order valence-corrected chi connectivity index (χ4v) is 2.72. The molecule has 30 heavy (non-hydrogen) atoms. The quantitative estimate of drug-likeness (QED) is 0.452. The maximum atomic E-state index is 12.0. The Balaban J connectivity index is 1.68. The molecule has 0 unspecified atom stereocenters. The maximum absolute atomic E-state index is 12.0. The van der Waals surface area contributed by atoms with Crippen molar-refractivity contribution in [2.75, 3.05) is 6.61 Å². The highest BCUT2D eigenvalue weighted by Crippen LogP contribution is 2.29. The lowest BCUT2D eigenvalue weighted by molar-refractivity contribution is 0.0955. The van der Waals surface area contributed by atoms with Gasteiger partial charge in [0, 0.05) is 11.1 Å². The molecule has 6 nitrogen and oxygen atoms in total. The average Bonchev–Trinajstić information content (AvgIpc) is 2.79. The van der Waals surface area contributed by atoms with Crippen LogP contribution in [0.15, 0.2) is 77.9 Å². The molecule has 0 radical (unpaired) electrons. The molecule has 0 fully saturated rings. The first-order valence-electron chi connectivity index (χ1n) is 9.47. The zero-order chi connectivity index (χ0) is 21.2. The third-order valence-corrected chi connectivity index (χ3v) is 4.20. The minimum Gasteiger partial charge on any atom is -0.490 e. The van der Waals surface area contributed by atoms with Crippen molar-refractivity contribution in [3.8, 4) is 17.6 Å². The number of nitriles is 1. The maximum Gasteiger partial charge on any atom is 0.271 e. The standard InChI is InChI=1S/C24H21N3O3/c1-2-29-23-14-18(16-26-27-24(28)19-8-4-3-5-9-19)12-13-22(23)30-17-21-11-7-6-10-20(21)15-25/h3-14,16H,2,17H2,1H3,(H,27,28)/b26-16+. The van der Waals surface area contributed by atoms with E-state index in [1.165, 1.54) is 6.21 Å². The van der Waals surface area contributed by atoms with Gasteiger partial charge >= 0.3 is 0 Å². The Bertz CT molecular complexity index is 1070.